The Morgan fingerprint density at radius 1 is 0.970 bits per heavy atom. The van der Waals surface area contributed by atoms with Crippen molar-refractivity contribution in [2.45, 2.75) is 45.1 Å². The maximum Gasteiger partial charge on any atom is 0.267 e. The fourth-order valence-corrected chi connectivity index (χ4v) is 3.96. The number of anilines is 2. The van der Waals surface area contributed by atoms with Crippen LogP contribution in [-0.2, 0) is 4.79 Å². The number of aromatic nitrogens is 2. The second-order valence-corrected chi connectivity index (χ2v) is 9.22. The van der Waals surface area contributed by atoms with Gasteiger partial charge in [-0.2, -0.15) is 0 Å². The average Bonchev–Trinajstić information content (AvgIpc) is 3.10. The summed E-state index contributed by atoms with van der Waals surface area (Å²) in [6, 6.07) is 18.6. The quantitative estimate of drug-likeness (QED) is 0.486. The van der Waals surface area contributed by atoms with E-state index in [-0.39, 0.29) is 5.91 Å². The van der Waals surface area contributed by atoms with E-state index < -0.39 is 5.60 Å². The summed E-state index contributed by atoms with van der Waals surface area (Å²) in [5.41, 5.74) is 1.25. The number of rotatable bonds is 6. The van der Waals surface area contributed by atoms with Gasteiger partial charge in [-0.3, -0.25) is 4.79 Å². The van der Waals surface area contributed by atoms with Crippen LogP contribution in [0.25, 0.3) is 11.3 Å². The van der Waals surface area contributed by atoms with Gasteiger partial charge in [0.15, 0.2) is 11.4 Å². The molecular formula is C26H29ClN4O2. The van der Waals surface area contributed by atoms with Gasteiger partial charge < -0.3 is 15.0 Å². The smallest absolute Gasteiger partial charge is 0.267 e. The van der Waals surface area contributed by atoms with E-state index in [0.717, 1.165) is 30.2 Å². The molecule has 0 bridgehead atoms. The number of benzene rings is 2. The summed E-state index contributed by atoms with van der Waals surface area (Å²) in [5, 5.41) is 12.5. The number of hydrogen-bond acceptors (Lipinski definition) is 5. The second kappa shape index (κ2) is 10.2. The summed E-state index contributed by atoms with van der Waals surface area (Å²) >= 11 is 5.93. The number of ether oxygens (including phenoxy) is 1. The number of nitrogens with one attached hydrogen (secondary N) is 1. The molecule has 4 rings (SSSR count). The van der Waals surface area contributed by atoms with E-state index in [9.17, 15) is 4.79 Å². The van der Waals surface area contributed by atoms with Gasteiger partial charge in [-0.15, -0.1) is 10.2 Å². The van der Waals surface area contributed by atoms with Crippen molar-refractivity contribution in [3.63, 3.8) is 0 Å². The Bertz CT molecular complexity index is 1080. The molecular weight excluding hydrogens is 436 g/mol. The highest BCUT2D eigenvalue weighted by Crippen LogP contribution is 2.25. The first kappa shape index (κ1) is 23.1. The van der Waals surface area contributed by atoms with Crippen molar-refractivity contribution < 1.29 is 9.53 Å². The molecule has 0 saturated carbocycles. The maximum absolute atomic E-state index is 12.9. The lowest BCUT2D eigenvalue weighted by molar-refractivity contribution is -0.128. The molecule has 1 amide bonds. The van der Waals surface area contributed by atoms with E-state index in [1.54, 1.807) is 38.1 Å². The van der Waals surface area contributed by atoms with Crippen LogP contribution in [0.15, 0.2) is 60.7 Å². The van der Waals surface area contributed by atoms with Crippen LogP contribution in [-0.4, -0.2) is 34.8 Å². The lowest BCUT2D eigenvalue weighted by Crippen LogP contribution is -2.42. The van der Waals surface area contributed by atoms with Crippen LogP contribution >= 0.6 is 11.6 Å². The second-order valence-electron chi connectivity index (χ2n) is 8.78. The lowest BCUT2D eigenvalue weighted by Gasteiger charge is -2.25. The molecule has 172 valence electrons. The summed E-state index contributed by atoms with van der Waals surface area (Å²) in [6.07, 6.45) is 4.96. The third-order valence-electron chi connectivity index (χ3n) is 5.73. The number of halogens is 1. The molecule has 1 fully saturated rings. The standard InChI is InChI=1S/C26H29ClN4O2/c1-26(2,33-22-12-10-20(27)11-13-22)25(32)28-21-9-7-8-19(18-21)23-14-15-24(30-29-23)31-16-5-3-4-6-17-31/h7-15,18H,3-6,16-17H2,1-2H3,(H,28,32). The third kappa shape index (κ3) is 6.02. The largest absolute Gasteiger partial charge is 0.478 e. The zero-order valence-electron chi connectivity index (χ0n) is 19.1. The minimum atomic E-state index is -1.07. The van der Waals surface area contributed by atoms with Gasteiger partial charge in [-0.25, -0.2) is 0 Å². The normalized spacial score (nSPS) is 14.5. The molecule has 0 atom stereocenters. The molecule has 1 aliphatic heterocycles. The van der Waals surface area contributed by atoms with Crippen LogP contribution in [0.4, 0.5) is 11.5 Å². The fraction of sp³-hybridized carbons (Fsp3) is 0.346. The molecule has 6 nitrogen and oxygen atoms in total. The number of carbonyl (C=O) groups is 1. The Balaban J connectivity index is 1.43. The summed E-state index contributed by atoms with van der Waals surface area (Å²) in [6.45, 7) is 5.52. The highest BCUT2D eigenvalue weighted by atomic mass is 35.5. The van der Waals surface area contributed by atoms with Crippen LogP contribution < -0.4 is 15.0 Å². The van der Waals surface area contributed by atoms with Gasteiger partial charge in [0, 0.05) is 29.4 Å². The van der Waals surface area contributed by atoms with Crippen molar-refractivity contribution in [1.29, 1.82) is 0 Å². The molecule has 2 aromatic carbocycles. The first-order valence-electron chi connectivity index (χ1n) is 11.4. The monoisotopic (exact) mass is 464 g/mol. The van der Waals surface area contributed by atoms with Crippen LogP contribution in [0.2, 0.25) is 5.02 Å². The van der Waals surface area contributed by atoms with Crippen LogP contribution in [0, 0.1) is 0 Å². The predicted molar refractivity (Wildman–Crippen MR) is 133 cm³/mol. The van der Waals surface area contributed by atoms with Crippen LogP contribution in [0.5, 0.6) is 5.75 Å². The van der Waals surface area contributed by atoms with Crippen molar-refractivity contribution in [1.82, 2.24) is 10.2 Å². The SMILES string of the molecule is CC(C)(Oc1ccc(Cl)cc1)C(=O)Nc1cccc(-c2ccc(N3CCCCCC3)nn2)c1. The average molecular weight is 465 g/mol. The van der Waals surface area contributed by atoms with E-state index in [2.05, 4.69) is 20.4 Å². The maximum atomic E-state index is 12.9. The van der Waals surface area contributed by atoms with Crippen LogP contribution in [0.3, 0.4) is 0 Å². The molecule has 1 aliphatic rings. The fourth-order valence-electron chi connectivity index (χ4n) is 3.83. The lowest BCUT2D eigenvalue weighted by atomic mass is 10.1. The van der Waals surface area contributed by atoms with E-state index in [0.29, 0.717) is 16.5 Å². The van der Waals surface area contributed by atoms with Crippen molar-refractivity contribution in [3.8, 4) is 17.0 Å². The Labute approximate surface area is 199 Å². The van der Waals surface area contributed by atoms with Gasteiger partial charge >= 0.3 is 0 Å². The third-order valence-corrected chi connectivity index (χ3v) is 5.98. The Morgan fingerprint density at radius 2 is 1.70 bits per heavy atom. The predicted octanol–water partition coefficient (Wildman–Crippen LogP) is 5.97. The zero-order chi connectivity index (χ0) is 23.3. The molecule has 7 heteroatoms. The van der Waals surface area contributed by atoms with Gasteiger partial charge in [-0.05, 0) is 75.2 Å². The number of hydrogen-bond donors (Lipinski definition) is 1. The number of amides is 1. The first-order chi connectivity index (χ1) is 15.9. The molecule has 1 N–H and O–H groups in total. The molecule has 2 heterocycles. The van der Waals surface area contributed by atoms with Gasteiger partial charge in [-0.1, -0.05) is 36.6 Å². The van der Waals surface area contributed by atoms with Crippen LogP contribution in [0.1, 0.15) is 39.5 Å². The topological polar surface area (TPSA) is 67.3 Å². The van der Waals surface area contributed by atoms with Gasteiger partial charge in [0.05, 0.1) is 5.69 Å². The first-order valence-corrected chi connectivity index (χ1v) is 11.7. The Kier molecular flexibility index (Phi) is 7.14. The van der Waals surface area contributed by atoms with Gasteiger partial charge in [0.25, 0.3) is 5.91 Å². The van der Waals surface area contributed by atoms with Gasteiger partial charge in [0.2, 0.25) is 0 Å². The molecule has 1 saturated heterocycles. The van der Waals surface area contributed by atoms with Crippen molar-refractivity contribution in [2.75, 3.05) is 23.3 Å². The molecule has 0 unspecified atom stereocenters. The van der Waals surface area contributed by atoms with E-state index >= 15 is 0 Å². The van der Waals surface area contributed by atoms with Crippen molar-refractivity contribution >= 4 is 29.0 Å². The number of carbonyl (C=O) groups excluding carboxylic acids is 1. The highest BCUT2D eigenvalue weighted by Gasteiger charge is 2.30. The summed E-state index contributed by atoms with van der Waals surface area (Å²) < 4.78 is 5.89. The molecule has 0 aliphatic carbocycles. The number of nitrogens with zero attached hydrogens (tertiary/aromatic N) is 3. The minimum absolute atomic E-state index is 0.253. The molecule has 0 spiro atoms. The zero-order valence-corrected chi connectivity index (χ0v) is 19.8. The van der Waals surface area contributed by atoms with Crippen molar-refractivity contribution in [3.05, 3.63) is 65.7 Å². The molecule has 33 heavy (non-hydrogen) atoms. The van der Waals surface area contributed by atoms with Crippen molar-refractivity contribution in [2.24, 2.45) is 0 Å². The minimum Gasteiger partial charge on any atom is -0.478 e. The van der Waals surface area contributed by atoms with E-state index in [4.69, 9.17) is 16.3 Å². The Hall–Kier alpha value is -3.12. The molecule has 1 aromatic heterocycles. The highest BCUT2D eigenvalue weighted by molar-refractivity contribution is 6.30. The van der Waals surface area contributed by atoms with E-state index in [1.165, 1.54) is 25.7 Å². The summed E-state index contributed by atoms with van der Waals surface area (Å²) in [4.78, 5) is 15.2. The molecule has 3 aromatic rings. The van der Waals surface area contributed by atoms with Gasteiger partial charge in [0.1, 0.15) is 5.75 Å². The van der Waals surface area contributed by atoms with E-state index in [1.807, 2.05) is 36.4 Å². The summed E-state index contributed by atoms with van der Waals surface area (Å²) in [5.74, 6) is 1.25. The molecule has 0 radical (unpaired) electrons. The Morgan fingerprint density at radius 3 is 2.36 bits per heavy atom. The summed E-state index contributed by atoms with van der Waals surface area (Å²) in [7, 11) is 0.